The van der Waals surface area contributed by atoms with E-state index in [4.69, 9.17) is 22.4 Å². The molecule has 0 spiro atoms. The highest BCUT2D eigenvalue weighted by atomic mass is 32.1. The van der Waals surface area contributed by atoms with Gasteiger partial charge >= 0.3 is 0 Å². The van der Waals surface area contributed by atoms with Gasteiger partial charge in [0.1, 0.15) is 16.6 Å². The summed E-state index contributed by atoms with van der Waals surface area (Å²) in [5.41, 5.74) is 6.33. The summed E-state index contributed by atoms with van der Waals surface area (Å²) in [4.78, 5) is 4.52. The lowest BCUT2D eigenvalue weighted by Gasteiger charge is -2.04. The van der Waals surface area contributed by atoms with Crippen molar-refractivity contribution < 1.29 is 4.42 Å². The van der Waals surface area contributed by atoms with Gasteiger partial charge in [-0.1, -0.05) is 12.2 Å². The third-order valence-corrected chi connectivity index (χ3v) is 2.30. The molecule has 0 aliphatic heterocycles. The second kappa shape index (κ2) is 4.76. The van der Waals surface area contributed by atoms with Gasteiger partial charge in [0.25, 0.3) is 0 Å². The van der Waals surface area contributed by atoms with Crippen molar-refractivity contribution in [2.75, 3.05) is 5.32 Å². The molecule has 4 nitrogen and oxygen atoms in total. The van der Waals surface area contributed by atoms with Crippen LogP contribution in [0.1, 0.15) is 11.3 Å². The van der Waals surface area contributed by atoms with E-state index in [1.807, 2.05) is 18.2 Å². The molecule has 0 aromatic carbocycles. The number of thiocarbonyl (C=S) groups is 1. The number of aromatic nitrogens is 1. The molecule has 2 rings (SSSR count). The molecule has 3 N–H and O–H groups in total. The van der Waals surface area contributed by atoms with Crippen LogP contribution in [0.2, 0.25) is 0 Å². The number of hydrogen-bond acceptors (Lipinski definition) is 4. The van der Waals surface area contributed by atoms with Crippen LogP contribution in [0.25, 0.3) is 0 Å². The summed E-state index contributed by atoms with van der Waals surface area (Å²) in [7, 11) is 0. The Morgan fingerprint density at radius 3 is 3.06 bits per heavy atom. The fourth-order valence-corrected chi connectivity index (χ4v) is 1.40. The average Bonchev–Trinajstić information content (AvgIpc) is 2.79. The molecule has 2 aromatic heterocycles. The number of nitrogens with one attached hydrogen (secondary N) is 1. The molecular weight excluding hydrogens is 222 g/mol. The molecule has 0 unspecified atom stereocenters. The second-order valence-electron chi connectivity index (χ2n) is 3.23. The van der Waals surface area contributed by atoms with Crippen molar-refractivity contribution in [1.82, 2.24) is 4.98 Å². The van der Waals surface area contributed by atoms with Crippen LogP contribution in [0.3, 0.4) is 0 Å². The molecule has 0 radical (unpaired) electrons. The van der Waals surface area contributed by atoms with Gasteiger partial charge in [0.15, 0.2) is 0 Å². The van der Waals surface area contributed by atoms with Gasteiger partial charge in [-0.2, -0.15) is 0 Å². The van der Waals surface area contributed by atoms with Crippen LogP contribution < -0.4 is 11.1 Å². The van der Waals surface area contributed by atoms with E-state index in [9.17, 15) is 0 Å². The van der Waals surface area contributed by atoms with E-state index in [1.165, 1.54) is 0 Å². The van der Waals surface area contributed by atoms with E-state index in [2.05, 4.69) is 10.3 Å². The molecule has 82 valence electrons. The third kappa shape index (κ3) is 2.58. The molecular formula is C11H11N3OS. The highest BCUT2D eigenvalue weighted by molar-refractivity contribution is 7.80. The van der Waals surface area contributed by atoms with Crippen molar-refractivity contribution in [3.05, 3.63) is 48.0 Å². The Bertz CT molecular complexity index is 482. The number of pyridine rings is 1. The first kappa shape index (κ1) is 10.6. The predicted octanol–water partition coefficient (Wildman–Crippen LogP) is 1.92. The Morgan fingerprint density at radius 2 is 2.38 bits per heavy atom. The van der Waals surface area contributed by atoms with E-state index in [0.29, 0.717) is 11.5 Å². The van der Waals surface area contributed by atoms with Crippen molar-refractivity contribution in [1.29, 1.82) is 0 Å². The molecule has 0 saturated carbocycles. The number of anilines is 1. The van der Waals surface area contributed by atoms with Crippen molar-refractivity contribution in [3.63, 3.8) is 0 Å². The molecule has 16 heavy (non-hydrogen) atoms. The van der Waals surface area contributed by atoms with Crippen LogP contribution in [0, 0.1) is 0 Å². The summed E-state index contributed by atoms with van der Waals surface area (Å²) >= 11 is 4.89. The molecule has 0 saturated heterocycles. The fourth-order valence-electron chi connectivity index (χ4n) is 1.27. The Morgan fingerprint density at radius 1 is 1.50 bits per heavy atom. The van der Waals surface area contributed by atoms with Gasteiger partial charge in [-0.3, -0.25) is 0 Å². The van der Waals surface area contributed by atoms with Gasteiger partial charge in [-0.25, -0.2) is 4.98 Å². The first-order chi connectivity index (χ1) is 7.75. The fraction of sp³-hybridized carbons (Fsp3) is 0.0909. The highest BCUT2D eigenvalue weighted by Crippen LogP contribution is 2.09. The SMILES string of the molecule is NC(=S)c1ccnc(NCc2ccco2)c1. The first-order valence-electron chi connectivity index (χ1n) is 4.78. The molecule has 0 atom stereocenters. The molecule has 0 fully saturated rings. The number of nitrogens with two attached hydrogens (primary N) is 1. The quantitative estimate of drug-likeness (QED) is 0.790. The Balaban J connectivity index is 2.04. The standard InChI is InChI=1S/C11H11N3OS/c12-11(16)8-3-4-13-10(6-8)14-7-9-2-1-5-15-9/h1-6H,7H2,(H2,12,16)(H,13,14). The van der Waals surface area contributed by atoms with Crippen LogP contribution in [0.4, 0.5) is 5.82 Å². The molecule has 5 heteroatoms. The lowest BCUT2D eigenvalue weighted by Crippen LogP contribution is -2.10. The molecule has 0 aliphatic rings. The maximum Gasteiger partial charge on any atom is 0.126 e. The van der Waals surface area contributed by atoms with E-state index in [0.717, 1.165) is 17.1 Å². The summed E-state index contributed by atoms with van der Waals surface area (Å²) in [5, 5.41) is 3.12. The number of hydrogen-bond donors (Lipinski definition) is 2. The highest BCUT2D eigenvalue weighted by Gasteiger charge is 2.00. The molecule has 2 heterocycles. The zero-order valence-electron chi connectivity index (χ0n) is 8.51. The summed E-state index contributed by atoms with van der Waals surface area (Å²) in [5.74, 6) is 1.57. The van der Waals surface area contributed by atoms with E-state index in [-0.39, 0.29) is 0 Å². The zero-order valence-corrected chi connectivity index (χ0v) is 9.33. The van der Waals surface area contributed by atoms with Gasteiger partial charge in [0, 0.05) is 11.8 Å². The maximum absolute atomic E-state index is 5.53. The van der Waals surface area contributed by atoms with Gasteiger partial charge in [0.2, 0.25) is 0 Å². The van der Waals surface area contributed by atoms with Gasteiger partial charge in [0.05, 0.1) is 12.8 Å². The summed E-state index contributed by atoms with van der Waals surface area (Å²) in [6.07, 6.45) is 3.30. The maximum atomic E-state index is 5.53. The normalized spacial score (nSPS) is 10.0. The Kier molecular flexibility index (Phi) is 3.16. The van der Waals surface area contributed by atoms with Gasteiger partial charge in [-0.05, 0) is 24.3 Å². The zero-order chi connectivity index (χ0) is 11.4. The predicted molar refractivity (Wildman–Crippen MR) is 66.2 cm³/mol. The van der Waals surface area contributed by atoms with Crippen LogP contribution in [0.15, 0.2) is 41.1 Å². The van der Waals surface area contributed by atoms with Gasteiger partial charge in [-0.15, -0.1) is 0 Å². The van der Waals surface area contributed by atoms with Crippen molar-refractivity contribution in [3.8, 4) is 0 Å². The monoisotopic (exact) mass is 233 g/mol. The number of nitrogens with zero attached hydrogens (tertiary/aromatic N) is 1. The van der Waals surface area contributed by atoms with Crippen LogP contribution in [-0.4, -0.2) is 9.97 Å². The molecule has 0 bridgehead atoms. The largest absolute Gasteiger partial charge is 0.467 e. The minimum Gasteiger partial charge on any atom is -0.467 e. The van der Waals surface area contributed by atoms with Crippen molar-refractivity contribution >= 4 is 23.0 Å². The topological polar surface area (TPSA) is 64.1 Å². The van der Waals surface area contributed by atoms with Crippen molar-refractivity contribution in [2.24, 2.45) is 5.73 Å². The third-order valence-electron chi connectivity index (χ3n) is 2.07. The number of furan rings is 1. The minimum atomic E-state index is 0.364. The van der Waals surface area contributed by atoms with E-state index in [1.54, 1.807) is 18.5 Å². The summed E-state index contributed by atoms with van der Waals surface area (Å²) < 4.78 is 5.19. The summed E-state index contributed by atoms with van der Waals surface area (Å²) in [6, 6.07) is 7.33. The van der Waals surface area contributed by atoms with Crippen molar-refractivity contribution in [2.45, 2.75) is 6.54 Å². The van der Waals surface area contributed by atoms with E-state index >= 15 is 0 Å². The minimum absolute atomic E-state index is 0.364. The lowest BCUT2D eigenvalue weighted by atomic mass is 10.2. The van der Waals surface area contributed by atoms with Crippen LogP contribution >= 0.6 is 12.2 Å². The van der Waals surface area contributed by atoms with Crippen LogP contribution in [0.5, 0.6) is 0 Å². The average molecular weight is 233 g/mol. The summed E-state index contributed by atoms with van der Waals surface area (Å²) in [6.45, 7) is 0.584. The van der Waals surface area contributed by atoms with Gasteiger partial charge < -0.3 is 15.5 Å². The van der Waals surface area contributed by atoms with E-state index < -0.39 is 0 Å². The lowest BCUT2D eigenvalue weighted by molar-refractivity contribution is 0.518. The molecule has 2 aromatic rings. The smallest absolute Gasteiger partial charge is 0.126 e. The Hall–Kier alpha value is -1.88. The first-order valence-corrected chi connectivity index (χ1v) is 5.18. The Labute approximate surface area is 98.5 Å². The van der Waals surface area contributed by atoms with Crippen LogP contribution in [-0.2, 0) is 6.54 Å². The molecule has 0 aliphatic carbocycles. The second-order valence-corrected chi connectivity index (χ2v) is 3.67. The molecule has 0 amide bonds. The number of rotatable bonds is 4.